The smallest absolute Gasteiger partial charge is 0.166 e. The van der Waals surface area contributed by atoms with E-state index in [2.05, 4.69) is 28.5 Å². The molecule has 0 bridgehead atoms. The molecule has 1 aromatic rings. The summed E-state index contributed by atoms with van der Waals surface area (Å²) in [6.07, 6.45) is 6.43. The first-order valence-corrected chi connectivity index (χ1v) is 6.85. The van der Waals surface area contributed by atoms with Crippen LogP contribution in [0.15, 0.2) is 12.3 Å². The molecule has 5 nitrogen and oxygen atoms in total. The van der Waals surface area contributed by atoms with Gasteiger partial charge in [0, 0.05) is 6.54 Å². The largest absolute Gasteiger partial charge is 0.388 e. The van der Waals surface area contributed by atoms with Crippen LogP contribution in [0.1, 0.15) is 44.6 Å². The third-order valence-corrected chi connectivity index (χ3v) is 4.04. The lowest BCUT2D eigenvalue weighted by Gasteiger charge is -2.36. The van der Waals surface area contributed by atoms with Crippen molar-refractivity contribution < 1.29 is 5.11 Å². The summed E-state index contributed by atoms with van der Waals surface area (Å²) < 4.78 is 0. The van der Waals surface area contributed by atoms with E-state index in [4.69, 9.17) is 5.26 Å². The van der Waals surface area contributed by atoms with Crippen molar-refractivity contribution in [2.75, 3.05) is 11.9 Å². The van der Waals surface area contributed by atoms with Crippen molar-refractivity contribution in [2.45, 2.75) is 44.6 Å². The van der Waals surface area contributed by atoms with Crippen molar-refractivity contribution in [1.29, 1.82) is 5.26 Å². The fraction of sp³-hybridized carbons (Fsp3) is 0.643. The number of anilines is 1. The summed E-state index contributed by atoms with van der Waals surface area (Å²) in [6, 6.07) is 3.68. The molecule has 0 amide bonds. The number of rotatable bonds is 4. The molecule has 1 saturated carbocycles. The van der Waals surface area contributed by atoms with E-state index in [0.717, 1.165) is 31.6 Å². The van der Waals surface area contributed by atoms with Gasteiger partial charge in [0.05, 0.1) is 17.4 Å². The third kappa shape index (κ3) is 3.42. The fourth-order valence-corrected chi connectivity index (χ4v) is 2.60. The summed E-state index contributed by atoms with van der Waals surface area (Å²) in [5.41, 5.74) is -0.225. The minimum atomic E-state index is -0.685. The molecule has 1 fully saturated rings. The molecule has 0 spiro atoms. The molecular formula is C14H20N4O. The second-order valence-corrected chi connectivity index (χ2v) is 5.33. The van der Waals surface area contributed by atoms with Crippen LogP contribution in [0.3, 0.4) is 0 Å². The number of nitriles is 1. The van der Waals surface area contributed by atoms with Crippen molar-refractivity contribution >= 4 is 5.82 Å². The molecule has 1 aliphatic rings. The number of aromatic nitrogens is 2. The Kier molecular flexibility index (Phi) is 4.33. The lowest BCUT2D eigenvalue weighted by atomic mass is 9.78. The molecule has 1 aliphatic carbocycles. The van der Waals surface area contributed by atoms with E-state index in [1.807, 2.05) is 0 Å². The predicted octanol–water partition coefficient (Wildman–Crippen LogP) is 2.09. The Balaban J connectivity index is 1.94. The quantitative estimate of drug-likeness (QED) is 0.866. The number of nitrogens with zero attached hydrogens (tertiary/aromatic N) is 3. The van der Waals surface area contributed by atoms with Crippen LogP contribution in [0.5, 0.6) is 0 Å². The Hall–Kier alpha value is -1.67. The average molecular weight is 260 g/mol. The van der Waals surface area contributed by atoms with Gasteiger partial charge in [-0.1, -0.05) is 13.3 Å². The van der Waals surface area contributed by atoms with Crippen LogP contribution in [0.4, 0.5) is 5.82 Å². The first-order chi connectivity index (χ1) is 9.17. The van der Waals surface area contributed by atoms with Crippen molar-refractivity contribution in [1.82, 2.24) is 10.2 Å². The Labute approximate surface area is 113 Å². The Morgan fingerprint density at radius 2 is 2.26 bits per heavy atom. The first-order valence-electron chi connectivity index (χ1n) is 6.85. The Bertz CT molecular complexity index is 461. The monoisotopic (exact) mass is 260 g/mol. The zero-order valence-corrected chi connectivity index (χ0v) is 11.3. The molecule has 0 atom stereocenters. The number of nitrogens with one attached hydrogen (secondary N) is 1. The van der Waals surface area contributed by atoms with Crippen LogP contribution in [-0.4, -0.2) is 27.4 Å². The zero-order valence-electron chi connectivity index (χ0n) is 11.3. The van der Waals surface area contributed by atoms with Crippen LogP contribution < -0.4 is 5.32 Å². The summed E-state index contributed by atoms with van der Waals surface area (Å²) in [5, 5.41) is 30.2. The summed E-state index contributed by atoms with van der Waals surface area (Å²) in [7, 11) is 0. The van der Waals surface area contributed by atoms with E-state index in [0.29, 0.717) is 17.9 Å². The van der Waals surface area contributed by atoms with Gasteiger partial charge in [0.15, 0.2) is 5.82 Å². The molecule has 102 valence electrons. The minimum absolute atomic E-state index is 0.427. The lowest BCUT2D eigenvalue weighted by Crippen LogP contribution is -2.40. The van der Waals surface area contributed by atoms with E-state index in [1.54, 1.807) is 6.07 Å². The van der Waals surface area contributed by atoms with Gasteiger partial charge >= 0.3 is 0 Å². The first kappa shape index (κ1) is 13.8. The highest BCUT2D eigenvalue weighted by atomic mass is 16.3. The van der Waals surface area contributed by atoms with Gasteiger partial charge in [-0.2, -0.15) is 10.4 Å². The molecule has 0 unspecified atom stereocenters. The average Bonchev–Trinajstić information content (AvgIpc) is 2.46. The molecule has 0 saturated heterocycles. The summed E-state index contributed by atoms with van der Waals surface area (Å²) >= 11 is 0. The summed E-state index contributed by atoms with van der Waals surface area (Å²) in [4.78, 5) is 0. The van der Waals surface area contributed by atoms with E-state index < -0.39 is 5.60 Å². The number of aliphatic hydroxyl groups is 1. The van der Waals surface area contributed by atoms with Gasteiger partial charge in [-0.25, -0.2) is 0 Å². The molecule has 0 radical (unpaired) electrons. The normalized spacial score (nSPS) is 26.7. The maximum atomic E-state index is 10.5. The van der Waals surface area contributed by atoms with Gasteiger partial charge < -0.3 is 10.4 Å². The van der Waals surface area contributed by atoms with Gasteiger partial charge in [0.2, 0.25) is 0 Å². The highest BCUT2D eigenvalue weighted by Gasteiger charge is 2.32. The molecular weight excluding hydrogens is 240 g/mol. The molecule has 1 aromatic heterocycles. The van der Waals surface area contributed by atoms with Gasteiger partial charge in [0.25, 0.3) is 0 Å². The van der Waals surface area contributed by atoms with Crippen LogP contribution in [-0.2, 0) is 0 Å². The van der Waals surface area contributed by atoms with Crippen LogP contribution in [0.2, 0.25) is 0 Å². The van der Waals surface area contributed by atoms with Crippen LogP contribution in [0, 0.1) is 17.2 Å². The maximum Gasteiger partial charge on any atom is 0.166 e. The Morgan fingerprint density at radius 1 is 1.53 bits per heavy atom. The standard InChI is InChI=1S/C14H20N4O/c1-2-11-3-6-14(19,7-4-11)10-16-13-12(9-15)5-8-17-18-13/h5,8,11,19H,2-4,6-7,10H2,1H3,(H,16,18). The Morgan fingerprint density at radius 3 is 2.89 bits per heavy atom. The molecule has 0 aromatic carbocycles. The third-order valence-electron chi connectivity index (χ3n) is 4.04. The summed E-state index contributed by atoms with van der Waals surface area (Å²) in [6.45, 7) is 2.63. The van der Waals surface area contributed by atoms with Crippen LogP contribution >= 0.6 is 0 Å². The van der Waals surface area contributed by atoms with Gasteiger partial charge in [-0.3, -0.25) is 0 Å². The van der Waals surface area contributed by atoms with Gasteiger partial charge in [-0.05, 0) is 37.7 Å². The topological polar surface area (TPSA) is 81.8 Å². The molecule has 19 heavy (non-hydrogen) atoms. The predicted molar refractivity (Wildman–Crippen MR) is 72.4 cm³/mol. The second kappa shape index (κ2) is 5.98. The van der Waals surface area contributed by atoms with E-state index in [-0.39, 0.29) is 0 Å². The number of hydrogen-bond acceptors (Lipinski definition) is 5. The van der Waals surface area contributed by atoms with Crippen molar-refractivity contribution in [2.24, 2.45) is 5.92 Å². The van der Waals surface area contributed by atoms with Crippen molar-refractivity contribution in [3.63, 3.8) is 0 Å². The van der Waals surface area contributed by atoms with Crippen molar-refractivity contribution in [3.8, 4) is 6.07 Å². The van der Waals surface area contributed by atoms with Crippen molar-refractivity contribution in [3.05, 3.63) is 17.8 Å². The molecule has 1 heterocycles. The SMILES string of the molecule is CCC1CCC(O)(CNc2nnccc2C#N)CC1. The summed E-state index contributed by atoms with van der Waals surface area (Å²) in [5.74, 6) is 1.20. The highest BCUT2D eigenvalue weighted by Crippen LogP contribution is 2.33. The fourth-order valence-electron chi connectivity index (χ4n) is 2.60. The highest BCUT2D eigenvalue weighted by molar-refractivity contribution is 5.50. The molecule has 0 aliphatic heterocycles. The molecule has 2 rings (SSSR count). The van der Waals surface area contributed by atoms with Crippen LogP contribution in [0.25, 0.3) is 0 Å². The van der Waals surface area contributed by atoms with Gasteiger partial charge in [-0.15, -0.1) is 5.10 Å². The van der Waals surface area contributed by atoms with E-state index in [9.17, 15) is 5.11 Å². The molecule has 2 N–H and O–H groups in total. The number of hydrogen-bond donors (Lipinski definition) is 2. The lowest BCUT2D eigenvalue weighted by molar-refractivity contribution is 0.00221. The molecule has 5 heteroatoms. The second-order valence-electron chi connectivity index (χ2n) is 5.33. The zero-order chi connectivity index (χ0) is 13.7. The maximum absolute atomic E-state index is 10.5. The van der Waals surface area contributed by atoms with E-state index >= 15 is 0 Å². The van der Waals surface area contributed by atoms with E-state index in [1.165, 1.54) is 12.6 Å². The van der Waals surface area contributed by atoms with Gasteiger partial charge in [0.1, 0.15) is 6.07 Å². The minimum Gasteiger partial charge on any atom is -0.388 e.